The van der Waals surface area contributed by atoms with E-state index in [1.165, 1.54) is 53.5 Å². The Hall–Kier alpha value is -1.15. The number of thioether (sulfide) groups is 1. The van der Waals surface area contributed by atoms with Crippen LogP contribution >= 0.6 is 11.8 Å². The Balaban J connectivity index is 1.51. The lowest BCUT2D eigenvalue weighted by Crippen LogP contribution is -2.23. The monoisotopic (exact) mass is 368 g/mol. The van der Waals surface area contributed by atoms with Crippen LogP contribution in [0, 0.1) is 23.7 Å². The minimum atomic E-state index is 0.816. The highest BCUT2D eigenvalue weighted by Gasteiger charge is 2.46. The van der Waals surface area contributed by atoms with Crippen LogP contribution in [-0.4, -0.2) is 12.4 Å². The second-order valence-electron chi connectivity index (χ2n) is 8.19. The molecule has 2 saturated carbocycles. The van der Waals surface area contributed by atoms with Crippen molar-refractivity contribution >= 4 is 22.5 Å². The first-order valence-corrected chi connectivity index (χ1v) is 11.6. The highest BCUT2D eigenvalue weighted by atomic mass is 32.2. The third-order valence-corrected chi connectivity index (χ3v) is 8.00. The third-order valence-electron chi connectivity index (χ3n) is 6.78. The van der Waals surface area contributed by atoms with E-state index in [1.807, 2.05) is 0 Å². The molecule has 2 heteroatoms. The van der Waals surface area contributed by atoms with Gasteiger partial charge in [-0.3, -0.25) is 0 Å². The van der Waals surface area contributed by atoms with Gasteiger partial charge in [0.2, 0.25) is 0 Å². The first-order valence-electron chi connectivity index (χ1n) is 10.6. The van der Waals surface area contributed by atoms with Crippen molar-refractivity contribution in [1.29, 1.82) is 0 Å². The van der Waals surface area contributed by atoms with Crippen molar-refractivity contribution in [2.45, 2.75) is 57.3 Å². The summed E-state index contributed by atoms with van der Waals surface area (Å²) in [4.78, 5) is 1.43. The van der Waals surface area contributed by atoms with Gasteiger partial charge in [0.05, 0.1) is 6.61 Å². The van der Waals surface area contributed by atoms with Crippen LogP contribution in [0.2, 0.25) is 0 Å². The Morgan fingerprint density at radius 2 is 1.73 bits per heavy atom. The summed E-state index contributed by atoms with van der Waals surface area (Å²) in [5.41, 5.74) is 0. The molecule has 4 atom stereocenters. The molecule has 2 fully saturated rings. The average molecular weight is 369 g/mol. The smallest absolute Gasteiger partial charge is 0.127 e. The maximum absolute atomic E-state index is 6.06. The Kier molecular flexibility index (Phi) is 5.78. The highest BCUT2D eigenvalue weighted by Crippen LogP contribution is 2.54. The van der Waals surface area contributed by atoms with Crippen molar-refractivity contribution < 1.29 is 4.74 Å². The van der Waals surface area contributed by atoms with Gasteiger partial charge in [-0.15, -0.1) is 11.8 Å². The molecule has 2 bridgehead atoms. The standard InChI is InChI=1S/C24H32OS/c1-3-5-14-25-23-12-13-24(21-9-7-6-8-20(21)23)26-16-22-18-11-10-17(15-18)19(22)4-2/h6-9,12-13,17-19,22H,3-5,10-11,14-16H2,1-2H3. The Morgan fingerprint density at radius 3 is 2.50 bits per heavy atom. The van der Waals surface area contributed by atoms with E-state index in [4.69, 9.17) is 4.74 Å². The molecule has 0 saturated heterocycles. The molecule has 0 aliphatic heterocycles. The molecule has 2 aromatic carbocycles. The fourth-order valence-electron chi connectivity index (χ4n) is 5.43. The number of unbranched alkanes of at least 4 members (excludes halogenated alkanes) is 1. The molecule has 1 nitrogen and oxygen atoms in total. The lowest BCUT2D eigenvalue weighted by Gasteiger charge is -2.30. The Bertz CT molecular complexity index is 740. The Labute approximate surface area is 162 Å². The van der Waals surface area contributed by atoms with Crippen molar-refractivity contribution in [3.05, 3.63) is 36.4 Å². The molecular weight excluding hydrogens is 336 g/mol. The molecule has 0 aromatic heterocycles. The van der Waals surface area contributed by atoms with E-state index in [0.29, 0.717) is 0 Å². The highest BCUT2D eigenvalue weighted by molar-refractivity contribution is 7.99. The largest absolute Gasteiger partial charge is 0.493 e. The van der Waals surface area contributed by atoms with Crippen LogP contribution in [0.5, 0.6) is 5.75 Å². The Morgan fingerprint density at radius 1 is 0.962 bits per heavy atom. The summed E-state index contributed by atoms with van der Waals surface area (Å²) < 4.78 is 6.06. The number of rotatable bonds is 8. The van der Waals surface area contributed by atoms with Crippen molar-refractivity contribution in [2.24, 2.45) is 23.7 Å². The normalized spacial score (nSPS) is 27.3. The molecule has 26 heavy (non-hydrogen) atoms. The van der Waals surface area contributed by atoms with Gasteiger partial charge in [0.1, 0.15) is 5.75 Å². The van der Waals surface area contributed by atoms with E-state index in [9.17, 15) is 0 Å². The van der Waals surface area contributed by atoms with E-state index in [0.717, 1.165) is 42.4 Å². The van der Waals surface area contributed by atoms with E-state index >= 15 is 0 Å². The summed E-state index contributed by atoms with van der Waals surface area (Å²) in [6, 6.07) is 13.3. The summed E-state index contributed by atoms with van der Waals surface area (Å²) in [6.45, 7) is 5.43. The van der Waals surface area contributed by atoms with Gasteiger partial charge < -0.3 is 4.74 Å². The van der Waals surface area contributed by atoms with Gasteiger partial charge in [0.25, 0.3) is 0 Å². The third kappa shape index (κ3) is 3.50. The fraction of sp³-hybridized carbons (Fsp3) is 0.583. The van der Waals surface area contributed by atoms with E-state index in [1.54, 1.807) is 0 Å². The second-order valence-corrected chi connectivity index (χ2v) is 9.25. The molecular formula is C24H32OS. The van der Waals surface area contributed by atoms with Crippen LogP contribution in [0.15, 0.2) is 41.3 Å². The zero-order chi connectivity index (χ0) is 17.9. The maximum Gasteiger partial charge on any atom is 0.127 e. The van der Waals surface area contributed by atoms with Gasteiger partial charge in [-0.1, -0.05) is 51.0 Å². The van der Waals surface area contributed by atoms with E-state index in [-0.39, 0.29) is 0 Å². The van der Waals surface area contributed by atoms with Crippen LogP contribution in [0.25, 0.3) is 10.8 Å². The molecule has 0 radical (unpaired) electrons. The maximum atomic E-state index is 6.06. The molecule has 2 aliphatic carbocycles. The molecule has 0 amide bonds. The average Bonchev–Trinajstić information content (AvgIpc) is 3.28. The van der Waals surface area contributed by atoms with Gasteiger partial charge >= 0.3 is 0 Å². The van der Waals surface area contributed by atoms with Crippen LogP contribution in [0.4, 0.5) is 0 Å². The molecule has 2 aromatic rings. The minimum Gasteiger partial charge on any atom is -0.493 e. The van der Waals surface area contributed by atoms with Crippen LogP contribution < -0.4 is 4.74 Å². The fourth-order valence-corrected chi connectivity index (χ4v) is 6.82. The molecule has 0 N–H and O–H groups in total. The zero-order valence-corrected chi connectivity index (χ0v) is 17.1. The molecule has 0 spiro atoms. The first-order chi connectivity index (χ1) is 12.8. The van der Waals surface area contributed by atoms with Crippen LogP contribution in [0.1, 0.15) is 52.4 Å². The second kappa shape index (κ2) is 8.25. The number of hydrogen-bond donors (Lipinski definition) is 0. The van der Waals surface area contributed by atoms with Gasteiger partial charge in [0.15, 0.2) is 0 Å². The summed E-state index contributed by atoms with van der Waals surface area (Å²) in [7, 11) is 0. The van der Waals surface area contributed by atoms with Crippen molar-refractivity contribution in [3.8, 4) is 5.75 Å². The molecule has 0 heterocycles. The molecule has 2 aliphatic rings. The zero-order valence-electron chi connectivity index (χ0n) is 16.2. The van der Waals surface area contributed by atoms with Crippen LogP contribution in [-0.2, 0) is 0 Å². The number of fused-ring (bicyclic) bond motifs is 3. The summed E-state index contributed by atoms with van der Waals surface area (Å²) >= 11 is 2.09. The molecule has 4 unspecified atom stereocenters. The SMILES string of the molecule is CCCCOc1ccc(SCC2C3CCC(C3)C2CC)c2ccccc12. The van der Waals surface area contributed by atoms with E-state index < -0.39 is 0 Å². The number of benzene rings is 2. The quantitative estimate of drug-likeness (QED) is 0.360. The van der Waals surface area contributed by atoms with Gasteiger partial charge in [-0.25, -0.2) is 0 Å². The van der Waals surface area contributed by atoms with Crippen LogP contribution in [0.3, 0.4) is 0 Å². The summed E-state index contributed by atoms with van der Waals surface area (Å²) in [5, 5.41) is 2.64. The van der Waals surface area contributed by atoms with Crippen molar-refractivity contribution in [1.82, 2.24) is 0 Å². The first kappa shape index (κ1) is 18.2. The molecule has 4 rings (SSSR count). The van der Waals surface area contributed by atoms with Gasteiger partial charge in [-0.05, 0) is 66.9 Å². The van der Waals surface area contributed by atoms with Crippen molar-refractivity contribution in [3.63, 3.8) is 0 Å². The number of hydrogen-bond acceptors (Lipinski definition) is 2. The summed E-state index contributed by atoms with van der Waals surface area (Å²) in [6.07, 6.45) is 8.15. The van der Waals surface area contributed by atoms with Crippen molar-refractivity contribution in [2.75, 3.05) is 12.4 Å². The van der Waals surface area contributed by atoms with Gasteiger partial charge in [0, 0.05) is 16.0 Å². The predicted octanol–water partition coefficient (Wildman–Crippen LogP) is 7.18. The predicted molar refractivity (Wildman–Crippen MR) is 113 cm³/mol. The topological polar surface area (TPSA) is 9.23 Å². The summed E-state index contributed by atoms with van der Waals surface area (Å²) in [5.74, 6) is 6.28. The number of ether oxygens (including phenoxy) is 1. The van der Waals surface area contributed by atoms with Gasteiger partial charge in [-0.2, -0.15) is 0 Å². The molecule has 140 valence electrons. The minimum absolute atomic E-state index is 0.816. The lowest BCUT2D eigenvalue weighted by molar-refractivity contribution is 0.237. The lowest BCUT2D eigenvalue weighted by atomic mass is 9.79. The van der Waals surface area contributed by atoms with E-state index in [2.05, 4.69) is 62.0 Å².